The third-order valence-corrected chi connectivity index (χ3v) is 3.96. The molecular formula is C20H20N2O3. The number of nitrogens with zero attached hydrogens (tertiary/aromatic N) is 1. The normalized spacial score (nSPS) is 10.3. The van der Waals surface area contributed by atoms with Crippen LogP contribution in [0.15, 0.2) is 67.0 Å². The molecule has 0 spiro atoms. The quantitative estimate of drug-likeness (QED) is 0.750. The lowest BCUT2D eigenvalue weighted by Crippen LogP contribution is -2.24. The van der Waals surface area contributed by atoms with E-state index >= 15 is 0 Å². The zero-order chi connectivity index (χ0) is 17.6. The number of amides is 1. The number of carbonyl (C=O) groups is 1. The van der Waals surface area contributed by atoms with Crippen molar-refractivity contribution < 1.29 is 14.3 Å². The second-order valence-corrected chi connectivity index (χ2v) is 5.47. The number of para-hydroxylation sites is 1. The molecule has 0 radical (unpaired) electrons. The highest BCUT2D eigenvalue weighted by Gasteiger charge is 2.13. The summed E-state index contributed by atoms with van der Waals surface area (Å²) in [5.74, 6) is 1.25. The summed E-state index contributed by atoms with van der Waals surface area (Å²) in [7, 11) is 3.20. The minimum absolute atomic E-state index is 0.137. The Balaban J connectivity index is 1.78. The molecular weight excluding hydrogens is 316 g/mol. The van der Waals surface area contributed by atoms with E-state index < -0.39 is 0 Å². The number of benzene rings is 2. The molecule has 3 rings (SSSR count). The molecule has 0 aliphatic carbocycles. The summed E-state index contributed by atoms with van der Waals surface area (Å²) in [6.07, 6.45) is 3.83. The molecule has 0 saturated carbocycles. The molecule has 0 aliphatic rings. The van der Waals surface area contributed by atoms with Gasteiger partial charge in [0.05, 0.1) is 25.5 Å². The summed E-state index contributed by atoms with van der Waals surface area (Å²) < 4.78 is 12.5. The van der Waals surface area contributed by atoms with Gasteiger partial charge in [0, 0.05) is 30.6 Å². The molecule has 128 valence electrons. The molecule has 1 N–H and O–H groups in total. The third-order valence-electron chi connectivity index (χ3n) is 3.96. The van der Waals surface area contributed by atoms with Crippen LogP contribution in [0.2, 0.25) is 0 Å². The van der Waals surface area contributed by atoms with E-state index in [1.54, 1.807) is 20.3 Å². The van der Waals surface area contributed by atoms with Crippen LogP contribution in [0.4, 0.5) is 0 Å². The fraction of sp³-hybridized carbons (Fsp3) is 0.150. The summed E-state index contributed by atoms with van der Waals surface area (Å²) in [6, 6.07) is 16.9. The largest absolute Gasteiger partial charge is 0.497 e. The van der Waals surface area contributed by atoms with E-state index in [1.807, 2.05) is 65.5 Å². The van der Waals surface area contributed by atoms with Gasteiger partial charge in [-0.25, -0.2) is 0 Å². The van der Waals surface area contributed by atoms with Crippen molar-refractivity contribution in [2.75, 3.05) is 14.2 Å². The average molecular weight is 336 g/mol. The topological polar surface area (TPSA) is 52.5 Å². The Morgan fingerprint density at radius 1 is 1.00 bits per heavy atom. The van der Waals surface area contributed by atoms with Crippen LogP contribution in [0, 0.1) is 0 Å². The maximum absolute atomic E-state index is 12.7. The number of carbonyl (C=O) groups excluding carboxylic acids is 1. The highest BCUT2D eigenvalue weighted by atomic mass is 16.5. The molecule has 5 nitrogen and oxygen atoms in total. The third kappa shape index (κ3) is 3.66. The molecule has 0 aliphatic heterocycles. The van der Waals surface area contributed by atoms with Gasteiger partial charge < -0.3 is 19.4 Å². The first-order chi connectivity index (χ1) is 12.2. The summed E-state index contributed by atoms with van der Waals surface area (Å²) in [5.41, 5.74) is 2.34. The van der Waals surface area contributed by atoms with Crippen molar-refractivity contribution in [1.82, 2.24) is 9.88 Å². The van der Waals surface area contributed by atoms with Crippen LogP contribution in [0.1, 0.15) is 15.9 Å². The first-order valence-electron chi connectivity index (χ1n) is 7.94. The van der Waals surface area contributed by atoms with Crippen molar-refractivity contribution in [1.29, 1.82) is 0 Å². The Bertz CT molecular complexity index is 857. The van der Waals surface area contributed by atoms with Gasteiger partial charge in [0.15, 0.2) is 0 Å². The van der Waals surface area contributed by atoms with Gasteiger partial charge in [-0.2, -0.15) is 0 Å². The van der Waals surface area contributed by atoms with Gasteiger partial charge in [0.1, 0.15) is 11.5 Å². The maximum Gasteiger partial charge on any atom is 0.253 e. The van der Waals surface area contributed by atoms with Gasteiger partial charge in [-0.1, -0.05) is 12.1 Å². The lowest BCUT2D eigenvalue weighted by atomic mass is 10.1. The molecule has 25 heavy (non-hydrogen) atoms. The van der Waals surface area contributed by atoms with Crippen molar-refractivity contribution in [2.24, 2.45) is 0 Å². The fourth-order valence-corrected chi connectivity index (χ4v) is 2.65. The van der Waals surface area contributed by atoms with Crippen LogP contribution in [0.5, 0.6) is 11.5 Å². The summed E-state index contributed by atoms with van der Waals surface area (Å²) in [5, 5.41) is 2.96. The van der Waals surface area contributed by atoms with Gasteiger partial charge in [-0.05, 0) is 36.4 Å². The molecule has 0 atom stereocenters. The number of hydrogen-bond acceptors (Lipinski definition) is 3. The summed E-state index contributed by atoms with van der Waals surface area (Å²) in [6.45, 7) is 0.367. The average Bonchev–Trinajstić information content (AvgIpc) is 3.20. The Kier molecular flexibility index (Phi) is 5.04. The number of aromatic nitrogens is 1. The van der Waals surface area contributed by atoms with Gasteiger partial charge in [0.2, 0.25) is 0 Å². The molecule has 5 heteroatoms. The van der Waals surface area contributed by atoms with Crippen molar-refractivity contribution in [2.45, 2.75) is 6.54 Å². The van der Waals surface area contributed by atoms with Crippen molar-refractivity contribution in [3.05, 3.63) is 78.1 Å². The minimum Gasteiger partial charge on any atom is -0.497 e. The number of rotatable bonds is 6. The second kappa shape index (κ2) is 7.57. The molecule has 0 saturated heterocycles. The van der Waals surface area contributed by atoms with Gasteiger partial charge in [-0.3, -0.25) is 4.79 Å². The number of ether oxygens (including phenoxy) is 2. The summed E-state index contributed by atoms with van der Waals surface area (Å²) in [4.78, 5) is 12.7. The Morgan fingerprint density at radius 2 is 1.76 bits per heavy atom. The molecule has 3 aromatic rings. The Labute approximate surface area is 146 Å². The van der Waals surface area contributed by atoms with Gasteiger partial charge >= 0.3 is 0 Å². The van der Waals surface area contributed by atoms with Gasteiger partial charge in [-0.15, -0.1) is 0 Å². The van der Waals surface area contributed by atoms with Crippen LogP contribution in [0.25, 0.3) is 5.69 Å². The molecule has 2 aromatic carbocycles. The van der Waals surface area contributed by atoms with Crippen molar-refractivity contribution in [3.8, 4) is 17.2 Å². The highest BCUT2D eigenvalue weighted by Crippen LogP contribution is 2.24. The predicted molar refractivity (Wildman–Crippen MR) is 96.5 cm³/mol. The number of methoxy groups -OCH3 is 2. The van der Waals surface area contributed by atoms with E-state index in [-0.39, 0.29) is 5.91 Å². The molecule has 0 unspecified atom stereocenters. The first-order valence-corrected chi connectivity index (χ1v) is 7.94. The zero-order valence-corrected chi connectivity index (χ0v) is 14.2. The lowest BCUT2D eigenvalue weighted by molar-refractivity contribution is 0.0950. The zero-order valence-electron chi connectivity index (χ0n) is 14.2. The molecule has 1 heterocycles. The SMILES string of the molecule is COc1ccc(CNC(=O)c2ccccc2-n2cccc2)c(OC)c1. The van der Waals surface area contributed by atoms with E-state index in [1.165, 1.54) is 0 Å². The van der Waals surface area contributed by atoms with E-state index in [9.17, 15) is 4.79 Å². The molecule has 1 amide bonds. The minimum atomic E-state index is -0.137. The predicted octanol–water partition coefficient (Wildman–Crippen LogP) is 3.42. The van der Waals surface area contributed by atoms with Crippen LogP contribution in [-0.2, 0) is 6.54 Å². The maximum atomic E-state index is 12.7. The van der Waals surface area contributed by atoms with Crippen LogP contribution < -0.4 is 14.8 Å². The van der Waals surface area contributed by atoms with E-state index in [0.29, 0.717) is 23.6 Å². The smallest absolute Gasteiger partial charge is 0.253 e. The number of hydrogen-bond donors (Lipinski definition) is 1. The van der Waals surface area contributed by atoms with E-state index in [2.05, 4.69) is 5.32 Å². The lowest BCUT2D eigenvalue weighted by Gasteiger charge is -2.13. The van der Waals surface area contributed by atoms with Crippen LogP contribution in [0.3, 0.4) is 0 Å². The monoisotopic (exact) mass is 336 g/mol. The second-order valence-electron chi connectivity index (χ2n) is 5.47. The van der Waals surface area contributed by atoms with Crippen LogP contribution in [-0.4, -0.2) is 24.7 Å². The van der Waals surface area contributed by atoms with Crippen LogP contribution >= 0.6 is 0 Å². The first kappa shape index (κ1) is 16.6. The molecule has 0 bridgehead atoms. The van der Waals surface area contributed by atoms with E-state index in [4.69, 9.17) is 9.47 Å². The standard InChI is InChI=1S/C20H20N2O3/c1-24-16-10-9-15(19(13-16)25-2)14-21-20(23)17-7-3-4-8-18(17)22-11-5-6-12-22/h3-13H,14H2,1-2H3,(H,21,23). The fourth-order valence-electron chi connectivity index (χ4n) is 2.65. The summed E-state index contributed by atoms with van der Waals surface area (Å²) >= 11 is 0. The van der Waals surface area contributed by atoms with Crippen molar-refractivity contribution in [3.63, 3.8) is 0 Å². The van der Waals surface area contributed by atoms with Crippen molar-refractivity contribution >= 4 is 5.91 Å². The Morgan fingerprint density at radius 3 is 2.48 bits per heavy atom. The van der Waals surface area contributed by atoms with E-state index in [0.717, 1.165) is 11.3 Å². The molecule has 1 aromatic heterocycles. The number of nitrogens with one attached hydrogen (secondary N) is 1. The molecule has 0 fully saturated rings. The van der Waals surface area contributed by atoms with Gasteiger partial charge in [0.25, 0.3) is 5.91 Å². The highest BCUT2D eigenvalue weighted by molar-refractivity contribution is 5.97. The Hall–Kier alpha value is -3.21.